The van der Waals surface area contributed by atoms with Crippen molar-refractivity contribution in [3.63, 3.8) is 0 Å². The van der Waals surface area contributed by atoms with Crippen LogP contribution in [0.1, 0.15) is 17.2 Å². The smallest absolute Gasteiger partial charge is 0.169 e. The molecule has 0 unspecified atom stereocenters. The van der Waals surface area contributed by atoms with E-state index in [1.54, 1.807) is 4.90 Å². The summed E-state index contributed by atoms with van der Waals surface area (Å²) in [7, 11) is 2.07. The number of nitrogens with one attached hydrogen (secondary N) is 2. The van der Waals surface area contributed by atoms with Crippen LogP contribution in [0.3, 0.4) is 0 Å². The van der Waals surface area contributed by atoms with Crippen molar-refractivity contribution in [3.8, 4) is 0 Å². The number of hydrogen-bond donors (Lipinski definition) is 2. The summed E-state index contributed by atoms with van der Waals surface area (Å²) in [6, 6.07) is 21.2. The second-order valence-corrected chi connectivity index (χ2v) is 7.07. The van der Waals surface area contributed by atoms with E-state index in [-0.39, 0.29) is 6.04 Å². The molecule has 138 valence electrons. The second-order valence-electron chi connectivity index (χ2n) is 6.68. The van der Waals surface area contributed by atoms with Gasteiger partial charge in [0.1, 0.15) is 13.1 Å². The first kappa shape index (κ1) is 18.8. The Morgan fingerprint density at radius 1 is 1.04 bits per heavy atom. The van der Waals surface area contributed by atoms with Gasteiger partial charge in [-0.05, 0) is 23.3 Å². The first-order valence-electron chi connectivity index (χ1n) is 9.27. The fourth-order valence-corrected chi connectivity index (χ4v) is 3.62. The molecule has 0 radical (unpaired) electrons. The zero-order valence-electron chi connectivity index (χ0n) is 15.4. The molecular formula is C21H28N3OS+. The summed E-state index contributed by atoms with van der Waals surface area (Å²) in [5.41, 5.74) is 2.48. The van der Waals surface area contributed by atoms with Crippen molar-refractivity contribution in [2.45, 2.75) is 6.04 Å². The summed E-state index contributed by atoms with van der Waals surface area (Å²) >= 11 is 5.70. The van der Waals surface area contributed by atoms with Crippen molar-refractivity contribution in [2.75, 3.05) is 46.4 Å². The molecule has 2 aromatic rings. The third-order valence-electron chi connectivity index (χ3n) is 4.89. The van der Waals surface area contributed by atoms with Crippen molar-refractivity contribution >= 4 is 17.3 Å². The van der Waals surface area contributed by atoms with Crippen LogP contribution in [0.4, 0.5) is 0 Å². The predicted molar refractivity (Wildman–Crippen MR) is 109 cm³/mol. The van der Waals surface area contributed by atoms with E-state index in [9.17, 15) is 0 Å². The molecule has 2 N–H and O–H groups in total. The van der Waals surface area contributed by atoms with Gasteiger partial charge in [0.05, 0.1) is 32.3 Å². The molecule has 0 aliphatic carbocycles. The first-order valence-corrected chi connectivity index (χ1v) is 9.68. The van der Waals surface area contributed by atoms with Crippen LogP contribution in [-0.4, -0.2) is 56.5 Å². The van der Waals surface area contributed by atoms with Crippen LogP contribution in [0.2, 0.25) is 0 Å². The van der Waals surface area contributed by atoms with Crippen LogP contribution in [0, 0.1) is 0 Å². The lowest BCUT2D eigenvalue weighted by atomic mass is 9.98. The van der Waals surface area contributed by atoms with Crippen LogP contribution < -0.4 is 10.2 Å². The molecule has 1 fully saturated rings. The molecule has 1 aliphatic rings. The molecule has 0 bridgehead atoms. The van der Waals surface area contributed by atoms with Crippen LogP contribution in [0.5, 0.6) is 0 Å². The zero-order valence-corrected chi connectivity index (χ0v) is 16.2. The van der Waals surface area contributed by atoms with E-state index in [0.29, 0.717) is 0 Å². The molecule has 1 aliphatic heterocycles. The Labute approximate surface area is 161 Å². The largest absolute Gasteiger partial charge is 0.370 e. The van der Waals surface area contributed by atoms with Gasteiger partial charge >= 0.3 is 0 Å². The summed E-state index contributed by atoms with van der Waals surface area (Å²) in [4.78, 5) is 3.74. The average molecular weight is 371 g/mol. The maximum Gasteiger partial charge on any atom is 0.169 e. The monoisotopic (exact) mass is 370 g/mol. The van der Waals surface area contributed by atoms with Crippen molar-refractivity contribution < 1.29 is 9.64 Å². The van der Waals surface area contributed by atoms with E-state index in [1.165, 1.54) is 11.1 Å². The van der Waals surface area contributed by atoms with E-state index in [2.05, 4.69) is 65.8 Å². The molecule has 0 saturated carbocycles. The van der Waals surface area contributed by atoms with Gasteiger partial charge in [0.2, 0.25) is 0 Å². The summed E-state index contributed by atoms with van der Waals surface area (Å²) in [5, 5.41) is 4.23. The molecule has 3 rings (SSSR count). The SMILES string of the molecule is CN(C(=S)NCC[NH+]1CCOCC1)C(c1ccccc1)c1ccccc1. The average Bonchev–Trinajstić information content (AvgIpc) is 2.70. The van der Waals surface area contributed by atoms with Crippen molar-refractivity contribution in [2.24, 2.45) is 0 Å². The molecule has 5 heteroatoms. The van der Waals surface area contributed by atoms with Gasteiger partial charge in [0, 0.05) is 7.05 Å². The molecule has 4 nitrogen and oxygen atoms in total. The topological polar surface area (TPSA) is 28.9 Å². The van der Waals surface area contributed by atoms with Gasteiger partial charge in [0.25, 0.3) is 0 Å². The molecule has 1 saturated heterocycles. The Hall–Kier alpha value is -1.95. The number of ether oxygens (including phenoxy) is 1. The highest BCUT2D eigenvalue weighted by atomic mass is 32.1. The molecule has 0 amide bonds. The summed E-state index contributed by atoms with van der Waals surface area (Å²) < 4.78 is 5.42. The van der Waals surface area contributed by atoms with E-state index < -0.39 is 0 Å². The van der Waals surface area contributed by atoms with Gasteiger partial charge in [-0.2, -0.15) is 0 Å². The number of morpholine rings is 1. The fraction of sp³-hybridized carbons (Fsp3) is 0.381. The highest BCUT2D eigenvalue weighted by Gasteiger charge is 2.21. The lowest BCUT2D eigenvalue weighted by molar-refractivity contribution is -0.906. The Bertz CT molecular complexity index is 635. The summed E-state index contributed by atoms with van der Waals surface area (Å²) in [6.07, 6.45) is 0. The molecule has 2 aromatic carbocycles. The van der Waals surface area contributed by atoms with Crippen molar-refractivity contribution in [1.29, 1.82) is 0 Å². The number of hydrogen-bond acceptors (Lipinski definition) is 2. The lowest BCUT2D eigenvalue weighted by Gasteiger charge is -2.32. The Morgan fingerprint density at radius 2 is 1.58 bits per heavy atom. The van der Waals surface area contributed by atoms with Crippen LogP contribution in [-0.2, 0) is 4.74 Å². The Morgan fingerprint density at radius 3 is 2.12 bits per heavy atom. The quantitative estimate of drug-likeness (QED) is 0.754. The van der Waals surface area contributed by atoms with Gasteiger partial charge in [-0.15, -0.1) is 0 Å². The number of rotatable bonds is 6. The number of nitrogens with zero attached hydrogens (tertiary/aromatic N) is 1. The highest BCUT2D eigenvalue weighted by molar-refractivity contribution is 7.80. The van der Waals surface area contributed by atoms with E-state index in [1.807, 2.05) is 12.1 Å². The molecular weight excluding hydrogens is 342 g/mol. The summed E-state index contributed by atoms with van der Waals surface area (Å²) in [6.45, 7) is 5.85. The number of benzene rings is 2. The predicted octanol–water partition coefficient (Wildman–Crippen LogP) is 1.50. The molecule has 0 atom stereocenters. The van der Waals surface area contributed by atoms with Crippen LogP contribution in [0.15, 0.2) is 60.7 Å². The molecule has 0 aromatic heterocycles. The van der Waals surface area contributed by atoms with Crippen LogP contribution >= 0.6 is 12.2 Å². The minimum atomic E-state index is 0.105. The lowest BCUT2D eigenvalue weighted by Crippen LogP contribution is -3.14. The van der Waals surface area contributed by atoms with Gasteiger partial charge in [-0.1, -0.05) is 60.7 Å². The van der Waals surface area contributed by atoms with E-state index in [4.69, 9.17) is 17.0 Å². The van der Waals surface area contributed by atoms with Gasteiger partial charge < -0.3 is 19.9 Å². The van der Waals surface area contributed by atoms with E-state index >= 15 is 0 Å². The van der Waals surface area contributed by atoms with Crippen molar-refractivity contribution in [3.05, 3.63) is 71.8 Å². The summed E-state index contributed by atoms with van der Waals surface area (Å²) in [5.74, 6) is 0. The molecule has 26 heavy (non-hydrogen) atoms. The molecule has 0 spiro atoms. The van der Waals surface area contributed by atoms with Gasteiger partial charge in [0.15, 0.2) is 5.11 Å². The van der Waals surface area contributed by atoms with Crippen molar-refractivity contribution in [1.82, 2.24) is 10.2 Å². The highest BCUT2D eigenvalue weighted by Crippen LogP contribution is 2.27. The second kappa shape index (κ2) is 9.67. The Kier molecular flexibility index (Phi) is 7.00. The normalized spacial score (nSPS) is 15.0. The fourth-order valence-electron chi connectivity index (χ4n) is 3.41. The third-order valence-corrected chi connectivity index (χ3v) is 5.33. The Balaban J connectivity index is 1.65. The minimum Gasteiger partial charge on any atom is -0.370 e. The third kappa shape index (κ3) is 5.04. The minimum absolute atomic E-state index is 0.105. The zero-order chi connectivity index (χ0) is 18.2. The standard InChI is InChI=1S/C21H27N3OS/c1-23(21(26)22-12-13-24-14-16-25-17-15-24)20(18-8-4-2-5-9-18)19-10-6-3-7-11-19/h2-11,20H,12-17H2,1H3,(H,22,26)/p+1. The van der Waals surface area contributed by atoms with Crippen LogP contribution in [0.25, 0.3) is 0 Å². The maximum atomic E-state index is 5.70. The first-order chi connectivity index (χ1) is 12.8. The molecule has 1 heterocycles. The number of quaternary nitrogens is 1. The maximum absolute atomic E-state index is 5.70. The van der Waals surface area contributed by atoms with Gasteiger partial charge in [-0.3, -0.25) is 0 Å². The van der Waals surface area contributed by atoms with Gasteiger partial charge in [-0.25, -0.2) is 0 Å². The van der Waals surface area contributed by atoms with E-state index in [0.717, 1.165) is 44.5 Å². The number of thiocarbonyl (C=S) groups is 1.